The number of carboxylic acid groups (broad SMARTS) is 2. The van der Waals surface area contributed by atoms with Crippen molar-refractivity contribution < 1.29 is 19.8 Å². The molecule has 0 bridgehead atoms. The number of carbonyl (C=O) groups is 2. The summed E-state index contributed by atoms with van der Waals surface area (Å²) in [6.07, 6.45) is 5.44. The molecule has 1 aliphatic carbocycles. The van der Waals surface area contributed by atoms with Crippen LogP contribution in [-0.4, -0.2) is 22.2 Å². The first-order valence-corrected chi connectivity index (χ1v) is 7.33. The van der Waals surface area contributed by atoms with Crippen LogP contribution in [0.2, 0.25) is 0 Å². The van der Waals surface area contributed by atoms with E-state index < -0.39 is 24.3 Å². The van der Waals surface area contributed by atoms with Crippen LogP contribution >= 0.6 is 0 Å². The van der Waals surface area contributed by atoms with E-state index in [0.29, 0.717) is 17.2 Å². The van der Waals surface area contributed by atoms with Gasteiger partial charge < -0.3 is 15.9 Å². The Hall–Kier alpha value is -2.04. The molecule has 1 atom stereocenters. The van der Waals surface area contributed by atoms with Crippen molar-refractivity contribution in [1.82, 2.24) is 0 Å². The predicted octanol–water partition coefficient (Wildman–Crippen LogP) is 2.96. The fraction of sp³-hybridized carbons (Fsp3) is 0.500. The molecule has 1 saturated carbocycles. The van der Waals surface area contributed by atoms with Gasteiger partial charge in [-0.2, -0.15) is 0 Å². The SMILES string of the molecule is Nc1cc([C@H](CC(=O)O)C(=O)O)ccc1C1CCCCC1. The maximum atomic E-state index is 11.2. The minimum atomic E-state index is -1.14. The number of benzene rings is 1. The molecule has 0 aromatic heterocycles. The number of aliphatic carboxylic acids is 2. The molecule has 1 aliphatic rings. The van der Waals surface area contributed by atoms with E-state index >= 15 is 0 Å². The van der Waals surface area contributed by atoms with Gasteiger partial charge in [-0.25, -0.2) is 0 Å². The van der Waals surface area contributed by atoms with Gasteiger partial charge in [0.05, 0.1) is 12.3 Å². The van der Waals surface area contributed by atoms with E-state index in [1.807, 2.05) is 6.07 Å². The first-order valence-electron chi connectivity index (χ1n) is 7.33. The van der Waals surface area contributed by atoms with Gasteiger partial charge in [-0.3, -0.25) is 9.59 Å². The zero-order valence-electron chi connectivity index (χ0n) is 11.9. The van der Waals surface area contributed by atoms with E-state index in [1.165, 1.54) is 19.3 Å². The van der Waals surface area contributed by atoms with Crippen molar-refractivity contribution in [2.75, 3.05) is 5.73 Å². The standard InChI is InChI=1S/C16H21NO4/c17-14-8-11(13(16(20)21)9-15(18)19)6-7-12(14)10-4-2-1-3-5-10/h6-8,10,13H,1-5,9,17H2,(H,18,19)(H,20,21)/t13-/m0/s1. The molecule has 0 saturated heterocycles. The van der Waals surface area contributed by atoms with Crippen LogP contribution in [0.25, 0.3) is 0 Å². The second-order valence-electron chi connectivity index (χ2n) is 5.71. The summed E-state index contributed by atoms with van der Waals surface area (Å²) in [6, 6.07) is 5.21. The van der Waals surface area contributed by atoms with Crippen LogP contribution in [-0.2, 0) is 9.59 Å². The Morgan fingerprint density at radius 3 is 2.38 bits per heavy atom. The van der Waals surface area contributed by atoms with Gasteiger partial charge in [0.15, 0.2) is 0 Å². The van der Waals surface area contributed by atoms with Crippen LogP contribution in [0, 0.1) is 0 Å². The quantitative estimate of drug-likeness (QED) is 0.724. The summed E-state index contributed by atoms with van der Waals surface area (Å²) in [5, 5.41) is 18.0. The van der Waals surface area contributed by atoms with E-state index in [1.54, 1.807) is 12.1 Å². The van der Waals surface area contributed by atoms with Crippen LogP contribution in [0.4, 0.5) is 5.69 Å². The molecule has 0 unspecified atom stereocenters. The smallest absolute Gasteiger partial charge is 0.311 e. The van der Waals surface area contributed by atoms with Gasteiger partial charge in [-0.05, 0) is 36.0 Å². The molecule has 5 heteroatoms. The van der Waals surface area contributed by atoms with Crippen LogP contribution in [0.3, 0.4) is 0 Å². The lowest BCUT2D eigenvalue weighted by atomic mass is 9.82. The molecule has 4 N–H and O–H groups in total. The Bertz CT molecular complexity index is 535. The van der Waals surface area contributed by atoms with Gasteiger partial charge >= 0.3 is 11.9 Å². The van der Waals surface area contributed by atoms with Crippen molar-refractivity contribution in [3.8, 4) is 0 Å². The number of hydrogen-bond acceptors (Lipinski definition) is 3. The maximum Gasteiger partial charge on any atom is 0.311 e. The van der Waals surface area contributed by atoms with Gasteiger partial charge in [-0.15, -0.1) is 0 Å². The van der Waals surface area contributed by atoms with E-state index in [4.69, 9.17) is 10.8 Å². The number of nitrogen functional groups attached to an aromatic ring is 1. The van der Waals surface area contributed by atoms with E-state index in [9.17, 15) is 14.7 Å². The highest BCUT2D eigenvalue weighted by atomic mass is 16.4. The van der Waals surface area contributed by atoms with Crippen molar-refractivity contribution in [2.24, 2.45) is 0 Å². The van der Waals surface area contributed by atoms with Crippen molar-refractivity contribution in [1.29, 1.82) is 0 Å². The molecule has 0 radical (unpaired) electrons. The molecule has 21 heavy (non-hydrogen) atoms. The fourth-order valence-electron chi connectivity index (χ4n) is 3.12. The molecule has 0 amide bonds. The van der Waals surface area contributed by atoms with E-state index in [0.717, 1.165) is 18.4 Å². The average molecular weight is 291 g/mol. The van der Waals surface area contributed by atoms with Gasteiger partial charge in [0.1, 0.15) is 0 Å². The lowest BCUT2D eigenvalue weighted by molar-refractivity contribution is -0.145. The lowest BCUT2D eigenvalue weighted by Gasteiger charge is -2.24. The minimum Gasteiger partial charge on any atom is -0.481 e. The normalized spacial score (nSPS) is 17.3. The number of anilines is 1. The van der Waals surface area contributed by atoms with Crippen LogP contribution < -0.4 is 5.73 Å². The third kappa shape index (κ3) is 3.74. The Labute approximate surface area is 123 Å². The molecule has 1 aromatic rings. The molecule has 1 fully saturated rings. The summed E-state index contributed by atoms with van der Waals surface area (Å²) >= 11 is 0. The fourth-order valence-corrected chi connectivity index (χ4v) is 3.12. The summed E-state index contributed by atoms with van der Waals surface area (Å²) in [6.45, 7) is 0. The summed E-state index contributed by atoms with van der Waals surface area (Å²) in [4.78, 5) is 22.0. The number of rotatable bonds is 5. The second-order valence-corrected chi connectivity index (χ2v) is 5.71. The average Bonchev–Trinajstić information content (AvgIpc) is 2.45. The van der Waals surface area contributed by atoms with E-state index in [-0.39, 0.29) is 0 Å². The zero-order chi connectivity index (χ0) is 15.4. The van der Waals surface area contributed by atoms with Crippen LogP contribution in [0.15, 0.2) is 18.2 Å². The molecule has 114 valence electrons. The van der Waals surface area contributed by atoms with E-state index in [2.05, 4.69) is 0 Å². The summed E-state index contributed by atoms with van der Waals surface area (Å²) in [5.74, 6) is -2.87. The van der Waals surface area contributed by atoms with Crippen molar-refractivity contribution in [3.05, 3.63) is 29.3 Å². The third-order valence-electron chi connectivity index (χ3n) is 4.24. The first-order chi connectivity index (χ1) is 9.99. The minimum absolute atomic E-state index is 0.433. The molecule has 0 spiro atoms. The number of carboxylic acids is 2. The van der Waals surface area contributed by atoms with Gasteiger partial charge in [0.2, 0.25) is 0 Å². The van der Waals surface area contributed by atoms with Crippen LogP contribution in [0.5, 0.6) is 0 Å². The Kier molecular flexibility index (Phi) is 4.83. The van der Waals surface area contributed by atoms with Gasteiger partial charge in [0, 0.05) is 5.69 Å². The van der Waals surface area contributed by atoms with Crippen LogP contribution in [0.1, 0.15) is 61.5 Å². The molecule has 1 aromatic carbocycles. The molecule has 0 aliphatic heterocycles. The van der Waals surface area contributed by atoms with Gasteiger partial charge in [-0.1, -0.05) is 31.4 Å². The highest BCUT2D eigenvalue weighted by molar-refractivity contribution is 5.82. The Morgan fingerprint density at radius 2 is 1.86 bits per heavy atom. The second kappa shape index (κ2) is 6.61. The number of nitrogens with two attached hydrogens (primary N) is 1. The molecule has 5 nitrogen and oxygen atoms in total. The van der Waals surface area contributed by atoms with Gasteiger partial charge in [0.25, 0.3) is 0 Å². The highest BCUT2D eigenvalue weighted by Gasteiger charge is 2.25. The molecular formula is C16H21NO4. The summed E-state index contributed by atoms with van der Waals surface area (Å²) in [7, 11) is 0. The maximum absolute atomic E-state index is 11.2. The molecule has 2 rings (SSSR count). The molecular weight excluding hydrogens is 270 g/mol. The predicted molar refractivity (Wildman–Crippen MR) is 79.3 cm³/mol. The zero-order valence-corrected chi connectivity index (χ0v) is 11.9. The van der Waals surface area contributed by atoms with Crippen molar-refractivity contribution in [3.63, 3.8) is 0 Å². The van der Waals surface area contributed by atoms with Crippen molar-refractivity contribution >= 4 is 17.6 Å². The summed E-state index contributed by atoms with van der Waals surface area (Å²) < 4.78 is 0. The topological polar surface area (TPSA) is 101 Å². The highest BCUT2D eigenvalue weighted by Crippen LogP contribution is 2.36. The molecule has 0 heterocycles. The third-order valence-corrected chi connectivity index (χ3v) is 4.24. The Morgan fingerprint density at radius 1 is 1.19 bits per heavy atom. The lowest BCUT2D eigenvalue weighted by Crippen LogP contribution is -2.16. The largest absolute Gasteiger partial charge is 0.481 e. The summed E-state index contributed by atoms with van der Waals surface area (Å²) in [5.41, 5.74) is 8.19. The Balaban J connectivity index is 2.24. The monoisotopic (exact) mass is 291 g/mol. The van der Waals surface area contributed by atoms with Crippen molar-refractivity contribution in [2.45, 2.75) is 50.4 Å². The first kappa shape index (κ1) is 15.4. The number of hydrogen-bond donors (Lipinski definition) is 3.